The van der Waals surface area contributed by atoms with Crippen LogP contribution in [0, 0.1) is 0 Å². The van der Waals surface area contributed by atoms with Crippen molar-refractivity contribution in [3.05, 3.63) is 47.1 Å². The number of rotatable bonds is 3. The largest absolute Gasteiger partial charge is 0.378 e. The molecule has 0 fully saturated rings. The molecule has 1 heterocycles. The Morgan fingerprint density at radius 2 is 1.76 bits per heavy atom. The molecule has 4 heteroatoms. The number of halogens is 1. The van der Waals surface area contributed by atoms with Gasteiger partial charge in [0.1, 0.15) is 5.82 Å². The fraction of sp³-hybridized carbons (Fsp3) is 0.154. The quantitative estimate of drug-likeness (QED) is 0.936. The normalized spacial score (nSPS) is 10.1. The van der Waals surface area contributed by atoms with E-state index in [2.05, 4.69) is 43.3 Å². The monoisotopic (exact) mass is 291 g/mol. The number of benzene rings is 1. The molecule has 0 atom stereocenters. The summed E-state index contributed by atoms with van der Waals surface area (Å²) in [6.45, 7) is 0. The van der Waals surface area contributed by atoms with Gasteiger partial charge >= 0.3 is 0 Å². The molecule has 0 bridgehead atoms. The van der Waals surface area contributed by atoms with Crippen LogP contribution in [0.25, 0.3) is 0 Å². The molecule has 0 aliphatic rings. The average molecular weight is 292 g/mol. The maximum absolute atomic E-state index is 4.26. The Hall–Kier alpha value is -1.55. The van der Waals surface area contributed by atoms with Gasteiger partial charge in [-0.3, -0.25) is 0 Å². The van der Waals surface area contributed by atoms with Gasteiger partial charge < -0.3 is 10.2 Å². The van der Waals surface area contributed by atoms with E-state index >= 15 is 0 Å². The molecule has 0 unspecified atom stereocenters. The summed E-state index contributed by atoms with van der Waals surface area (Å²) in [5.74, 6) is 0.839. The smallest absolute Gasteiger partial charge is 0.130 e. The lowest BCUT2D eigenvalue weighted by atomic mass is 10.2. The maximum Gasteiger partial charge on any atom is 0.130 e. The van der Waals surface area contributed by atoms with Gasteiger partial charge in [-0.05, 0) is 52.3 Å². The van der Waals surface area contributed by atoms with Crippen LogP contribution in [0.3, 0.4) is 0 Å². The van der Waals surface area contributed by atoms with Crippen LogP contribution in [0.15, 0.2) is 47.1 Å². The van der Waals surface area contributed by atoms with Crippen LogP contribution in [0.4, 0.5) is 17.2 Å². The van der Waals surface area contributed by atoms with Crippen molar-refractivity contribution in [2.24, 2.45) is 0 Å². The van der Waals surface area contributed by atoms with Crippen LogP contribution in [-0.2, 0) is 0 Å². The van der Waals surface area contributed by atoms with E-state index in [0.717, 1.165) is 16.0 Å². The van der Waals surface area contributed by atoms with Crippen LogP contribution in [0.5, 0.6) is 0 Å². The highest BCUT2D eigenvalue weighted by Gasteiger charge is 1.97. The number of anilines is 3. The Bertz CT molecular complexity index is 477. The third kappa shape index (κ3) is 3.20. The van der Waals surface area contributed by atoms with Gasteiger partial charge in [-0.2, -0.15) is 0 Å². The summed E-state index contributed by atoms with van der Waals surface area (Å²) in [5.41, 5.74) is 2.21. The molecule has 2 aromatic rings. The number of nitrogens with one attached hydrogen (secondary N) is 1. The van der Waals surface area contributed by atoms with E-state index < -0.39 is 0 Å². The predicted molar refractivity (Wildman–Crippen MR) is 76.0 cm³/mol. The summed E-state index contributed by atoms with van der Waals surface area (Å²) in [6, 6.07) is 12.1. The van der Waals surface area contributed by atoms with E-state index in [-0.39, 0.29) is 0 Å². The fourth-order valence-corrected chi connectivity index (χ4v) is 1.68. The molecule has 0 radical (unpaired) electrons. The Balaban J connectivity index is 2.11. The van der Waals surface area contributed by atoms with Crippen molar-refractivity contribution in [3.63, 3.8) is 0 Å². The standard InChI is InChI=1S/C13H14BrN3/c1-17(2)12-6-4-11(5-7-12)16-13-8-3-10(14)9-15-13/h3-9H,1-2H3,(H,15,16). The first-order valence-corrected chi connectivity index (χ1v) is 6.10. The van der Waals surface area contributed by atoms with Crippen LogP contribution >= 0.6 is 15.9 Å². The minimum Gasteiger partial charge on any atom is -0.378 e. The van der Waals surface area contributed by atoms with Crippen LogP contribution in [0.1, 0.15) is 0 Å². The molecule has 88 valence electrons. The third-order valence-corrected chi connectivity index (χ3v) is 2.85. The van der Waals surface area contributed by atoms with Crippen LogP contribution < -0.4 is 10.2 Å². The number of aromatic nitrogens is 1. The van der Waals surface area contributed by atoms with Gasteiger partial charge in [0.05, 0.1) is 0 Å². The zero-order chi connectivity index (χ0) is 12.3. The second-order valence-electron chi connectivity index (χ2n) is 3.93. The average Bonchev–Trinajstić information content (AvgIpc) is 2.33. The molecule has 1 aromatic heterocycles. The summed E-state index contributed by atoms with van der Waals surface area (Å²) >= 11 is 3.36. The first-order chi connectivity index (χ1) is 8.15. The molecular formula is C13H14BrN3. The lowest BCUT2D eigenvalue weighted by Gasteiger charge is -2.13. The van der Waals surface area contributed by atoms with Gasteiger partial charge in [-0.25, -0.2) is 4.98 Å². The zero-order valence-corrected chi connectivity index (χ0v) is 11.4. The van der Waals surface area contributed by atoms with Crippen LogP contribution in [0.2, 0.25) is 0 Å². The van der Waals surface area contributed by atoms with Crippen molar-refractivity contribution in [3.8, 4) is 0 Å². The Morgan fingerprint density at radius 1 is 1.06 bits per heavy atom. The molecule has 0 aliphatic heterocycles. The van der Waals surface area contributed by atoms with Crippen LogP contribution in [-0.4, -0.2) is 19.1 Å². The van der Waals surface area contributed by atoms with E-state index in [1.165, 1.54) is 5.69 Å². The summed E-state index contributed by atoms with van der Waals surface area (Å²) in [5, 5.41) is 3.25. The highest BCUT2D eigenvalue weighted by Crippen LogP contribution is 2.19. The summed E-state index contributed by atoms with van der Waals surface area (Å²) < 4.78 is 0.978. The van der Waals surface area contributed by atoms with E-state index in [1.54, 1.807) is 6.20 Å². The van der Waals surface area contributed by atoms with Gasteiger partial charge in [-0.15, -0.1) is 0 Å². The number of pyridine rings is 1. The van der Waals surface area contributed by atoms with Crippen molar-refractivity contribution in [1.82, 2.24) is 4.98 Å². The highest BCUT2D eigenvalue weighted by molar-refractivity contribution is 9.10. The molecule has 0 saturated heterocycles. The first-order valence-electron chi connectivity index (χ1n) is 5.31. The van der Waals surface area contributed by atoms with E-state index in [1.807, 2.05) is 38.4 Å². The Morgan fingerprint density at radius 3 is 2.29 bits per heavy atom. The van der Waals surface area contributed by atoms with Crippen molar-refractivity contribution < 1.29 is 0 Å². The molecule has 1 N–H and O–H groups in total. The molecule has 0 spiro atoms. The van der Waals surface area contributed by atoms with Crippen molar-refractivity contribution in [2.75, 3.05) is 24.3 Å². The lowest BCUT2D eigenvalue weighted by molar-refractivity contribution is 1.13. The minimum atomic E-state index is 0.839. The fourth-order valence-electron chi connectivity index (χ4n) is 1.44. The van der Waals surface area contributed by atoms with Gasteiger partial charge in [0.2, 0.25) is 0 Å². The second kappa shape index (κ2) is 5.19. The summed E-state index contributed by atoms with van der Waals surface area (Å²) in [7, 11) is 4.05. The van der Waals surface area contributed by atoms with Gasteiger partial charge in [-0.1, -0.05) is 0 Å². The van der Waals surface area contributed by atoms with Gasteiger partial charge in [0.15, 0.2) is 0 Å². The van der Waals surface area contributed by atoms with E-state index in [0.29, 0.717) is 0 Å². The van der Waals surface area contributed by atoms with Crippen molar-refractivity contribution >= 4 is 33.1 Å². The Kier molecular flexibility index (Phi) is 3.64. The summed E-state index contributed by atoms with van der Waals surface area (Å²) in [6.07, 6.45) is 1.77. The first kappa shape index (κ1) is 11.9. The molecule has 0 saturated carbocycles. The van der Waals surface area contributed by atoms with E-state index in [9.17, 15) is 0 Å². The molecule has 0 aliphatic carbocycles. The second-order valence-corrected chi connectivity index (χ2v) is 4.84. The number of hydrogen-bond donors (Lipinski definition) is 1. The third-order valence-electron chi connectivity index (χ3n) is 2.38. The SMILES string of the molecule is CN(C)c1ccc(Nc2ccc(Br)cn2)cc1. The summed E-state index contributed by atoms with van der Waals surface area (Å²) in [4.78, 5) is 6.33. The molecular weight excluding hydrogens is 278 g/mol. The zero-order valence-electron chi connectivity index (χ0n) is 9.81. The van der Waals surface area contributed by atoms with Crippen molar-refractivity contribution in [2.45, 2.75) is 0 Å². The minimum absolute atomic E-state index is 0.839. The highest BCUT2D eigenvalue weighted by atomic mass is 79.9. The van der Waals surface area contributed by atoms with Gasteiger partial charge in [0, 0.05) is 36.1 Å². The molecule has 1 aromatic carbocycles. The number of hydrogen-bond acceptors (Lipinski definition) is 3. The Labute approximate surface area is 110 Å². The molecule has 2 rings (SSSR count). The maximum atomic E-state index is 4.26. The van der Waals surface area contributed by atoms with Crippen molar-refractivity contribution in [1.29, 1.82) is 0 Å². The van der Waals surface area contributed by atoms with Gasteiger partial charge in [0.25, 0.3) is 0 Å². The van der Waals surface area contributed by atoms with E-state index in [4.69, 9.17) is 0 Å². The molecule has 3 nitrogen and oxygen atoms in total. The topological polar surface area (TPSA) is 28.2 Å². The molecule has 17 heavy (non-hydrogen) atoms. The predicted octanol–water partition coefficient (Wildman–Crippen LogP) is 3.65. The lowest BCUT2D eigenvalue weighted by Crippen LogP contribution is -2.08. The molecule has 0 amide bonds. The number of nitrogens with zero attached hydrogens (tertiary/aromatic N) is 2.